The van der Waals surface area contributed by atoms with Gasteiger partial charge in [-0.2, -0.15) is 4.37 Å². The number of ether oxygens (including phenoxy) is 2. The molecule has 0 aliphatic carbocycles. The van der Waals surface area contributed by atoms with Gasteiger partial charge in [0, 0.05) is 68.9 Å². The third-order valence-corrected chi connectivity index (χ3v) is 6.73. The van der Waals surface area contributed by atoms with E-state index in [2.05, 4.69) is 50.7 Å². The molecule has 8 nitrogen and oxygen atoms in total. The first-order valence-electron chi connectivity index (χ1n) is 11.4. The minimum absolute atomic E-state index is 0.134. The summed E-state index contributed by atoms with van der Waals surface area (Å²) in [6, 6.07) is 13.7. The number of nitrogens with one attached hydrogen (secondary N) is 1. The van der Waals surface area contributed by atoms with Crippen LogP contribution in [0.3, 0.4) is 0 Å². The highest BCUT2D eigenvalue weighted by Crippen LogP contribution is 2.23. The largest absolute Gasteiger partial charge is 0.497 e. The minimum atomic E-state index is -0.134. The number of hydrogen-bond acceptors (Lipinski definition) is 8. The first-order chi connectivity index (χ1) is 16.5. The van der Waals surface area contributed by atoms with Gasteiger partial charge in [-0.05, 0) is 24.6 Å². The maximum Gasteiger partial charge on any atom is 0.251 e. The second-order valence-corrected chi connectivity index (χ2v) is 9.07. The van der Waals surface area contributed by atoms with Crippen LogP contribution in [-0.4, -0.2) is 73.7 Å². The first-order valence-corrected chi connectivity index (χ1v) is 12.2. The molecular formula is C25H31N5O3S. The zero-order valence-electron chi connectivity index (χ0n) is 19.9. The topological polar surface area (TPSA) is 79.8 Å². The average Bonchev–Trinajstić information content (AvgIpc) is 3.34. The Morgan fingerprint density at radius 2 is 1.71 bits per heavy atom. The average molecular weight is 482 g/mol. The second kappa shape index (κ2) is 11.3. The number of amides is 1. The number of aryl methyl sites for hydroxylation is 1. The summed E-state index contributed by atoms with van der Waals surface area (Å²) in [5.74, 6) is 1.94. The van der Waals surface area contributed by atoms with Crippen LogP contribution in [0.15, 0.2) is 42.5 Å². The van der Waals surface area contributed by atoms with Crippen molar-refractivity contribution in [1.82, 2.24) is 19.6 Å². The number of piperazine rings is 1. The van der Waals surface area contributed by atoms with E-state index in [1.807, 2.05) is 0 Å². The summed E-state index contributed by atoms with van der Waals surface area (Å²) in [7, 11) is 3.14. The van der Waals surface area contributed by atoms with Gasteiger partial charge in [-0.1, -0.05) is 29.8 Å². The van der Waals surface area contributed by atoms with E-state index in [1.165, 1.54) is 22.7 Å². The molecule has 1 fully saturated rings. The Bertz CT molecular complexity index is 1070. The second-order valence-electron chi connectivity index (χ2n) is 8.34. The number of carbonyl (C=O) groups is 1. The Balaban J connectivity index is 1.21. The van der Waals surface area contributed by atoms with Crippen molar-refractivity contribution in [2.24, 2.45) is 0 Å². The van der Waals surface area contributed by atoms with Crippen molar-refractivity contribution in [3.05, 3.63) is 65.0 Å². The Morgan fingerprint density at radius 3 is 2.35 bits per heavy atom. The van der Waals surface area contributed by atoms with Crippen LogP contribution in [0.5, 0.6) is 11.5 Å². The van der Waals surface area contributed by atoms with E-state index in [0.29, 0.717) is 23.6 Å². The van der Waals surface area contributed by atoms with Gasteiger partial charge in [0.25, 0.3) is 5.91 Å². The van der Waals surface area contributed by atoms with Crippen molar-refractivity contribution in [2.45, 2.75) is 13.3 Å². The number of anilines is 1. The molecule has 1 N–H and O–H groups in total. The summed E-state index contributed by atoms with van der Waals surface area (Å²) in [6.45, 7) is 7.13. The summed E-state index contributed by atoms with van der Waals surface area (Å²) >= 11 is 1.47. The Labute approximate surface area is 204 Å². The molecule has 0 radical (unpaired) electrons. The summed E-state index contributed by atoms with van der Waals surface area (Å²) in [6.07, 6.45) is 0.760. The van der Waals surface area contributed by atoms with Crippen LogP contribution in [0, 0.1) is 6.92 Å². The molecule has 0 saturated carbocycles. The maximum absolute atomic E-state index is 12.5. The van der Waals surface area contributed by atoms with Crippen LogP contribution >= 0.6 is 11.5 Å². The van der Waals surface area contributed by atoms with Crippen LogP contribution in [0.2, 0.25) is 0 Å². The lowest BCUT2D eigenvalue weighted by atomic mass is 10.1. The standard InChI is InChI=1S/C25H31N5O3S/c1-18-4-6-19(7-5-18)14-23-27-25(34-28-23)30-12-10-29(11-13-30)9-8-26-24(31)20-15-21(32-2)17-22(16-20)33-3/h4-7,15-17H,8-14H2,1-3H3,(H,26,31). The lowest BCUT2D eigenvalue weighted by molar-refractivity contribution is 0.0947. The summed E-state index contributed by atoms with van der Waals surface area (Å²) in [5, 5.41) is 3.98. The van der Waals surface area contributed by atoms with Gasteiger partial charge in [-0.15, -0.1) is 0 Å². The van der Waals surface area contributed by atoms with Crippen molar-refractivity contribution in [3.8, 4) is 11.5 Å². The fourth-order valence-electron chi connectivity index (χ4n) is 3.86. The highest BCUT2D eigenvalue weighted by atomic mass is 32.1. The molecule has 2 aromatic carbocycles. The van der Waals surface area contributed by atoms with E-state index >= 15 is 0 Å². The maximum atomic E-state index is 12.5. The summed E-state index contributed by atoms with van der Waals surface area (Å²) < 4.78 is 15.1. The van der Waals surface area contributed by atoms with E-state index in [0.717, 1.165) is 50.1 Å². The molecule has 1 aliphatic heterocycles. The van der Waals surface area contributed by atoms with Gasteiger partial charge in [0.1, 0.15) is 17.3 Å². The lowest BCUT2D eigenvalue weighted by Crippen LogP contribution is -2.48. The van der Waals surface area contributed by atoms with Gasteiger partial charge in [0.05, 0.1) is 14.2 Å². The van der Waals surface area contributed by atoms with Crippen LogP contribution in [0.4, 0.5) is 5.13 Å². The van der Waals surface area contributed by atoms with Crippen molar-refractivity contribution < 1.29 is 14.3 Å². The molecule has 1 aliphatic rings. The van der Waals surface area contributed by atoms with Crippen LogP contribution in [0.25, 0.3) is 0 Å². The Kier molecular flexibility index (Phi) is 7.97. The molecule has 180 valence electrons. The molecule has 4 rings (SSSR count). The van der Waals surface area contributed by atoms with Crippen molar-refractivity contribution in [2.75, 3.05) is 58.4 Å². The van der Waals surface area contributed by atoms with Crippen LogP contribution in [-0.2, 0) is 6.42 Å². The van der Waals surface area contributed by atoms with Crippen molar-refractivity contribution in [1.29, 1.82) is 0 Å². The number of methoxy groups -OCH3 is 2. The number of rotatable bonds is 9. The van der Waals surface area contributed by atoms with E-state index in [1.54, 1.807) is 32.4 Å². The Hall–Kier alpha value is -3.17. The van der Waals surface area contributed by atoms with E-state index in [9.17, 15) is 4.79 Å². The number of hydrogen-bond donors (Lipinski definition) is 1. The molecule has 0 unspecified atom stereocenters. The third kappa shape index (κ3) is 6.24. The molecule has 0 atom stereocenters. The van der Waals surface area contributed by atoms with E-state index in [4.69, 9.17) is 14.5 Å². The SMILES string of the molecule is COc1cc(OC)cc(C(=O)NCCN2CCN(c3nc(Cc4ccc(C)cc4)ns3)CC2)c1. The van der Waals surface area contributed by atoms with Gasteiger partial charge in [0.2, 0.25) is 5.13 Å². The molecular weight excluding hydrogens is 450 g/mol. The highest BCUT2D eigenvalue weighted by molar-refractivity contribution is 7.09. The molecule has 34 heavy (non-hydrogen) atoms. The van der Waals surface area contributed by atoms with Crippen molar-refractivity contribution >= 4 is 22.6 Å². The normalized spacial score (nSPS) is 14.1. The summed E-state index contributed by atoms with van der Waals surface area (Å²) in [4.78, 5) is 22.0. The van der Waals surface area contributed by atoms with Gasteiger partial charge < -0.3 is 19.7 Å². The first kappa shape index (κ1) is 24.0. The molecule has 9 heteroatoms. The zero-order valence-corrected chi connectivity index (χ0v) is 20.7. The van der Waals surface area contributed by atoms with E-state index in [-0.39, 0.29) is 5.91 Å². The highest BCUT2D eigenvalue weighted by Gasteiger charge is 2.20. The molecule has 3 aromatic rings. The zero-order chi connectivity index (χ0) is 23.9. The molecule has 0 spiro atoms. The fraction of sp³-hybridized carbons (Fsp3) is 0.400. The van der Waals surface area contributed by atoms with Gasteiger partial charge >= 0.3 is 0 Å². The Morgan fingerprint density at radius 1 is 1.03 bits per heavy atom. The monoisotopic (exact) mass is 481 g/mol. The number of aromatic nitrogens is 2. The molecule has 1 amide bonds. The molecule has 2 heterocycles. The van der Waals surface area contributed by atoms with E-state index < -0.39 is 0 Å². The quantitative estimate of drug-likeness (QED) is 0.503. The van der Waals surface area contributed by atoms with Crippen LogP contribution in [0.1, 0.15) is 27.3 Å². The number of nitrogens with zero attached hydrogens (tertiary/aromatic N) is 4. The molecule has 1 aromatic heterocycles. The molecule has 1 saturated heterocycles. The lowest BCUT2D eigenvalue weighted by Gasteiger charge is -2.34. The number of benzene rings is 2. The predicted molar refractivity (Wildman–Crippen MR) is 134 cm³/mol. The number of carbonyl (C=O) groups excluding carboxylic acids is 1. The van der Waals surface area contributed by atoms with Crippen LogP contribution < -0.4 is 19.7 Å². The summed E-state index contributed by atoms with van der Waals surface area (Å²) in [5.41, 5.74) is 3.02. The minimum Gasteiger partial charge on any atom is -0.497 e. The third-order valence-electron chi connectivity index (χ3n) is 5.91. The van der Waals surface area contributed by atoms with Gasteiger partial charge in [-0.25, -0.2) is 4.98 Å². The molecule has 0 bridgehead atoms. The van der Waals surface area contributed by atoms with Crippen molar-refractivity contribution in [3.63, 3.8) is 0 Å². The fourth-order valence-corrected chi connectivity index (χ4v) is 4.60. The van der Waals surface area contributed by atoms with Gasteiger partial charge in [-0.3, -0.25) is 9.69 Å². The van der Waals surface area contributed by atoms with Gasteiger partial charge in [0.15, 0.2) is 0 Å². The smallest absolute Gasteiger partial charge is 0.251 e. The predicted octanol–water partition coefficient (Wildman–Crippen LogP) is 3.01.